The molecule has 0 bridgehead atoms. The molecule has 0 fully saturated rings. The number of aliphatic hydroxyl groups excluding tert-OH is 1. The third kappa shape index (κ3) is 3.39. The van der Waals surface area contributed by atoms with Crippen molar-refractivity contribution in [3.63, 3.8) is 0 Å². The number of para-hydroxylation sites is 1. The van der Waals surface area contributed by atoms with Crippen LogP contribution < -0.4 is 14.4 Å². The molecule has 0 saturated carbocycles. The first-order valence-electron chi connectivity index (χ1n) is 10.2. The van der Waals surface area contributed by atoms with Crippen LogP contribution in [0.25, 0.3) is 11.0 Å². The lowest BCUT2D eigenvalue weighted by atomic mass is 9.95. The van der Waals surface area contributed by atoms with Gasteiger partial charge < -0.3 is 19.0 Å². The van der Waals surface area contributed by atoms with Gasteiger partial charge in [-0.3, -0.25) is 14.5 Å². The number of ketones is 1. The topological polar surface area (TPSA) is 115 Å². The minimum atomic E-state index is -0.961. The van der Waals surface area contributed by atoms with Crippen LogP contribution in [0.1, 0.15) is 27.2 Å². The molecule has 0 saturated heterocycles. The van der Waals surface area contributed by atoms with Gasteiger partial charge in [0.2, 0.25) is 10.9 Å². The second-order valence-electron chi connectivity index (χ2n) is 7.54. The van der Waals surface area contributed by atoms with Gasteiger partial charge in [-0.2, -0.15) is 0 Å². The first-order valence-corrected chi connectivity index (χ1v) is 11.1. The summed E-state index contributed by atoms with van der Waals surface area (Å²) >= 11 is 1.18. The lowest BCUT2D eigenvalue weighted by Gasteiger charge is -2.24. The standard InChI is InChI=1S/C24H19N3O6S/c1-12-25-26-24(34-12)27-19(13-6-4-8-15(10-13)31-2)18(21(29)23(27)30)20(28)17-11-14-7-5-9-16(32-3)22(14)33-17/h4-11,19,29H,1-3H3. The van der Waals surface area contributed by atoms with Crippen LogP contribution >= 0.6 is 11.3 Å². The molecule has 5 rings (SSSR count). The Morgan fingerprint density at radius 2 is 1.91 bits per heavy atom. The highest BCUT2D eigenvalue weighted by molar-refractivity contribution is 7.15. The molecule has 1 N–H and O–H groups in total. The summed E-state index contributed by atoms with van der Waals surface area (Å²) in [5.74, 6) is -1.07. The van der Waals surface area contributed by atoms with E-state index in [2.05, 4.69) is 10.2 Å². The third-order valence-corrected chi connectivity index (χ3v) is 6.37. The fraction of sp³-hybridized carbons (Fsp3) is 0.167. The van der Waals surface area contributed by atoms with E-state index in [1.165, 1.54) is 30.5 Å². The predicted octanol–water partition coefficient (Wildman–Crippen LogP) is 4.39. The van der Waals surface area contributed by atoms with Gasteiger partial charge in [-0.05, 0) is 36.8 Å². The van der Waals surface area contributed by atoms with Crippen molar-refractivity contribution in [1.82, 2.24) is 10.2 Å². The summed E-state index contributed by atoms with van der Waals surface area (Å²) < 4.78 is 16.5. The summed E-state index contributed by atoms with van der Waals surface area (Å²) in [4.78, 5) is 28.2. The maximum atomic E-state index is 13.7. The van der Waals surface area contributed by atoms with Crippen molar-refractivity contribution < 1.29 is 28.6 Å². The lowest BCUT2D eigenvalue weighted by Crippen LogP contribution is -2.31. The summed E-state index contributed by atoms with van der Waals surface area (Å²) in [5.41, 5.74) is 0.832. The summed E-state index contributed by atoms with van der Waals surface area (Å²) in [6.45, 7) is 1.75. The normalized spacial score (nSPS) is 15.9. The van der Waals surface area contributed by atoms with E-state index in [0.717, 1.165) is 0 Å². The van der Waals surface area contributed by atoms with Gasteiger partial charge in [-0.25, -0.2) is 0 Å². The molecule has 1 unspecified atom stereocenters. The van der Waals surface area contributed by atoms with Gasteiger partial charge >= 0.3 is 0 Å². The molecule has 0 aliphatic carbocycles. The number of carbonyl (C=O) groups excluding carboxylic acids is 2. The van der Waals surface area contributed by atoms with Crippen LogP contribution in [0.4, 0.5) is 5.13 Å². The molecule has 2 aromatic carbocycles. The molecule has 0 radical (unpaired) electrons. The molecule has 2 aromatic heterocycles. The number of anilines is 1. The largest absolute Gasteiger partial charge is 0.503 e. The molecule has 172 valence electrons. The van der Waals surface area contributed by atoms with Crippen molar-refractivity contribution >= 4 is 39.1 Å². The van der Waals surface area contributed by atoms with Crippen LogP contribution in [0.3, 0.4) is 0 Å². The molecule has 1 amide bonds. The number of aryl methyl sites for hydroxylation is 1. The number of nitrogens with zero attached hydrogens (tertiary/aromatic N) is 3. The zero-order valence-electron chi connectivity index (χ0n) is 18.4. The molecule has 1 aliphatic rings. The van der Waals surface area contributed by atoms with Gasteiger partial charge in [0.05, 0.1) is 25.8 Å². The molecule has 1 atom stereocenters. The first kappa shape index (κ1) is 21.7. The monoisotopic (exact) mass is 477 g/mol. The van der Waals surface area contributed by atoms with E-state index in [-0.39, 0.29) is 16.5 Å². The Bertz CT molecular complexity index is 1470. The number of hydrogen-bond acceptors (Lipinski definition) is 9. The SMILES string of the molecule is COc1cccc(C2C(C(=O)c3cc4cccc(OC)c4o3)=C(O)C(=O)N2c2nnc(C)s2)c1. The van der Waals surface area contributed by atoms with Gasteiger partial charge in [0, 0.05) is 5.39 Å². The number of aliphatic hydroxyl groups is 1. The Morgan fingerprint density at radius 1 is 1.12 bits per heavy atom. The highest BCUT2D eigenvalue weighted by Gasteiger charge is 2.46. The molecule has 0 spiro atoms. The lowest BCUT2D eigenvalue weighted by molar-refractivity contribution is -0.117. The molecule has 1 aliphatic heterocycles. The minimum absolute atomic E-state index is 0.0305. The third-order valence-electron chi connectivity index (χ3n) is 5.54. The number of amides is 1. The van der Waals surface area contributed by atoms with Crippen molar-refractivity contribution in [1.29, 1.82) is 0 Å². The summed E-state index contributed by atoms with van der Waals surface area (Å²) in [7, 11) is 3.02. The predicted molar refractivity (Wildman–Crippen MR) is 125 cm³/mol. The number of ether oxygens (including phenoxy) is 2. The van der Waals surface area contributed by atoms with Crippen molar-refractivity contribution in [2.24, 2.45) is 0 Å². The number of Topliss-reactive ketones (excluding diaryl/α,β-unsaturated/α-hetero) is 1. The Labute approximate surface area is 197 Å². The molecule has 3 heterocycles. The molecular formula is C24H19N3O6S. The Hall–Kier alpha value is -4.18. The van der Waals surface area contributed by atoms with E-state index >= 15 is 0 Å². The average molecular weight is 477 g/mol. The number of aromatic nitrogens is 2. The van der Waals surface area contributed by atoms with Crippen LogP contribution in [0.15, 0.2) is 64.3 Å². The highest BCUT2D eigenvalue weighted by atomic mass is 32.1. The minimum Gasteiger partial charge on any atom is -0.503 e. The van der Waals surface area contributed by atoms with Crippen LogP contribution in [0.2, 0.25) is 0 Å². The van der Waals surface area contributed by atoms with Crippen LogP contribution in [-0.2, 0) is 4.79 Å². The van der Waals surface area contributed by atoms with Crippen LogP contribution in [0, 0.1) is 6.92 Å². The number of benzene rings is 2. The van der Waals surface area contributed by atoms with E-state index in [1.807, 2.05) is 0 Å². The van der Waals surface area contributed by atoms with E-state index in [1.54, 1.807) is 55.5 Å². The van der Waals surface area contributed by atoms with Crippen molar-refractivity contribution in [2.45, 2.75) is 13.0 Å². The summed E-state index contributed by atoms with van der Waals surface area (Å²) in [6.07, 6.45) is 0. The number of rotatable bonds is 6. The Kier molecular flexibility index (Phi) is 5.29. The van der Waals surface area contributed by atoms with Gasteiger partial charge in [-0.15, -0.1) is 10.2 Å². The molecule has 9 nitrogen and oxygen atoms in total. The van der Waals surface area contributed by atoms with E-state index in [4.69, 9.17) is 13.9 Å². The fourth-order valence-corrected chi connectivity index (χ4v) is 4.70. The maximum absolute atomic E-state index is 13.7. The molecule has 10 heteroatoms. The van der Waals surface area contributed by atoms with Gasteiger partial charge in [0.25, 0.3) is 5.91 Å². The average Bonchev–Trinajstić information content (AvgIpc) is 3.54. The zero-order chi connectivity index (χ0) is 24.0. The van der Waals surface area contributed by atoms with E-state index in [0.29, 0.717) is 33.0 Å². The van der Waals surface area contributed by atoms with Gasteiger partial charge in [-0.1, -0.05) is 35.6 Å². The number of methoxy groups -OCH3 is 2. The Balaban J connectivity index is 1.67. The van der Waals surface area contributed by atoms with Crippen LogP contribution in [-0.4, -0.2) is 41.2 Å². The van der Waals surface area contributed by atoms with Crippen molar-refractivity contribution in [3.05, 3.63) is 76.2 Å². The second kappa shape index (κ2) is 8.31. The number of furan rings is 1. The van der Waals surface area contributed by atoms with E-state index in [9.17, 15) is 14.7 Å². The molecule has 4 aromatic rings. The summed E-state index contributed by atoms with van der Waals surface area (Å²) in [5, 5.41) is 20.5. The maximum Gasteiger partial charge on any atom is 0.296 e. The molecular weight excluding hydrogens is 458 g/mol. The highest BCUT2D eigenvalue weighted by Crippen LogP contribution is 2.44. The van der Waals surface area contributed by atoms with Gasteiger partial charge in [0.15, 0.2) is 22.9 Å². The second-order valence-corrected chi connectivity index (χ2v) is 8.70. The molecule has 34 heavy (non-hydrogen) atoms. The van der Waals surface area contributed by atoms with Crippen molar-refractivity contribution in [3.8, 4) is 11.5 Å². The number of fused-ring (bicyclic) bond motifs is 1. The summed E-state index contributed by atoms with van der Waals surface area (Å²) in [6, 6.07) is 12.8. The smallest absolute Gasteiger partial charge is 0.296 e. The Morgan fingerprint density at radius 3 is 2.62 bits per heavy atom. The van der Waals surface area contributed by atoms with Crippen molar-refractivity contribution in [2.75, 3.05) is 19.1 Å². The zero-order valence-corrected chi connectivity index (χ0v) is 19.3. The van der Waals surface area contributed by atoms with E-state index < -0.39 is 23.5 Å². The first-order chi connectivity index (χ1) is 16.4. The number of carbonyl (C=O) groups is 2. The quantitative estimate of drug-likeness (QED) is 0.407. The fourth-order valence-electron chi connectivity index (χ4n) is 3.99. The van der Waals surface area contributed by atoms with Crippen LogP contribution in [0.5, 0.6) is 11.5 Å². The number of hydrogen-bond donors (Lipinski definition) is 1. The van der Waals surface area contributed by atoms with Gasteiger partial charge in [0.1, 0.15) is 10.8 Å².